The molecule has 5 nitrogen and oxygen atoms in total. The molecule has 0 aliphatic rings. The van der Waals surface area contributed by atoms with Crippen molar-refractivity contribution >= 4 is 17.3 Å². The number of nitrogens with one attached hydrogen (secondary N) is 2. The van der Waals surface area contributed by atoms with Crippen molar-refractivity contribution in [2.24, 2.45) is 0 Å². The van der Waals surface area contributed by atoms with E-state index in [2.05, 4.69) is 24.5 Å². The van der Waals surface area contributed by atoms with Crippen molar-refractivity contribution in [1.29, 1.82) is 0 Å². The molecule has 0 radical (unpaired) electrons. The van der Waals surface area contributed by atoms with Crippen LogP contribution in [0.15, 0.2) is 18.2 Å². The minimum Gasteiger partial charge on any atom is -0.397 e. The van der Waals surface area contributed by atoms with Crippen LogP contribution in [0.25, 0.3) is 0 Å². The van der Waals surface area contributed by atoms with E-state index in [1.165, 1.54) is 0 Å². The van der Waals surface area contributed by atoms with Crippen LogP contribution in [0.3, 0.4) is 0 Å². The molecule has 20 heavy (non-hydrogen) atoms. The summed E-state index contributed by atoms with van der Waals surface area (Å²) in [7, 11) is 1.60. The molecule has 0 aliphatic heterocycles. The first kappa shape index (κ1) is 16.3. The highest BCUT2D eigenvalue weighted by molar-refractivity contribution is 5.96. The van der Waals surface area contributed by atoms with Gasteiger partial charge in [0.1, 0.15) is 0 Å². The number of amides is 1. The summed E-state index contributed by atoms with van der Waals surface area (Å²) in [5.74, 6) is -0.137. The summed E-state index contributed by atoms with van der Waals surface area (Å²) in [4.78, 5) is 11.9. The van der Waals surface area contributed by atoms with Crippen LogP contribution in [0.1, 0.15) is 37.0 Å². The monoisotopic (exact) mass is 279 g/mol. The molecule has 1 rings (SSSR count). The Hall–Kier alpha value is -1.75. The molecule has 0 heterocycles. The Labute approximate surface area is 120 Å². The molecule has 4 N–H and O–H groups in total. The molecule has 1 aromatic carbocycles. The van der Waals surface area contributed by atoms with Crippen molar-refractivity contribution < 1.29 is 9.53 Å². The van der Waals surface area contributed by atoms with Gasteiger partial charge in [0.2, 0.25) is 0 Å². The number of carbonyl (C=O) groups is 1. The predicted molar refractivity (Wildman–Crippen MR) is 83.1 cm³/mol. The Morgan fingerprint density at radius 3 is 2.80 bits per heavy atom. The van der Waals surface area contributed by atoms with Crippen LogP contribution in [0.2, 0.25) is 0 Å². The van der Waals surface area contributed by atoms with E-state index < -0.39 is 0 Å². The van der Waals surface area contributed by atoms with E-state index in [1.807, 2.05) is 6.07 Å². The van der Waals surface area contributed by atoms with Crippen LogP contribution in [-0.2, 0) is 4.74 Å². The molecule has 0 bridgehead atoms. The first-order chi connectivity index (χ1) is 9.58. The largest absolute Gasteiger partial charge is 0.397 e. The van der Waals surface area contributed by atoms with Gasteiger partial charge in [-0.15, -0.1) is 0 Å². The number of rotatable bonds is 8. The van der Waals surface area contributed by atoms with E-state index in [0.29, 0.717) is 30.4 Å². The van der Waals surface area contributed by atoms with Crippen LogP contribution in [-0.4, -0.2) is 32.2 Å². The normalized spacial score (nSPS) is 11.9. The van der Waals surface area contributed by atoms with Crippen molar-refractivity contribution in [3.05, 3.63) is 23.8 Å². The van der Waals surface area contributed by atoms with E-state index in [9.17, 15) is 4.79 Å². The molecule has 0 fully saturated rings. The van der Waals surface area contributed by atoms with Crippen molar-refractivity contribution in [3.8, 4) is 0 Å². The molecule has 112 valence electrons. The molecule has 1 aromatic rings. The second-order valence-electron chi connectivity index (χ2n) is 4.88. The molecule has 0 aliphatic carbocycles. The fourth-order valence-corrected chi connectivity index (χ4v) is 1.97. The summed E-state index contributed by atoms with van der Waals surface area (Å²) in [6, 6.07) is 5.69. The predicted octanol–water partition coefficient (Wildman–Crippen LogP) is 2.25. The van der Waals surface area contributed by atoms with Gasteiger partial charge in [-0.1, -0.05) is 13.3 Å². The third-order valence-electron chi connectivity index (χ3n) is 3.03. The van der Waals surface area contributed by atoms with Gasteiger partial charge in [0.05, 0.1) is 18.0 Å². The highest BCUT2D eigenvalue weighted by Gasteiger charge is 2.09. The lowest BCUT2D eigenvalue weighted by molar-refractivity contribution is 0.0937. The molecule has 0 unspecified atom stereocenters. The van der Waals surface area contributed by atoms with Gasteiger partial charge < -0.3 is 21.1 Å². The standard InChI is InChI=1S/C15H25N3O2/c1-4-5-11(2)18-14-7-6-12(10-13(14)16)15(19)17-8-9-20-3/h6-7,10-11,18H,4-5,8-9,16H2,1-3H3,(H,17,19)/t11-/m1/s1. The first-order valence-electron chi connectivity index (χ1n) is 7.01. The fraction of sp³-hybridized carbons (Fsp3) is 0.533. The molecule has 0 aromatic heterocycles. The Morgan fingerprint density at radius 1 is 1.45 bits per heavy atom. The molecule has 5 heteroatoms. The second-order valence-corrected chi connectivity index (χ2v) is 4.88. The summed E-state index contributed by atoms with van der Waals surface area (Å²) < 4.78 is 4.89. The van der Waals surface area contributed by atoms with Crippen LogP contribution in [0.4, 0.5) is 11.4 Å². The number of nitrogen functional groups attached to an aromatic ring is 1. The smallest absolute Gasteiger partial charge is 0.251 e. The zero-order valence-corrected chi connectivity index (χ0v) is 12.5. The van der Waals surface area contributed by atoms with Gasteiger partial charge in [0.15, 0.2) is 0 Å². The maximum absolute atomic E-state index is 11.9. The van der Waals surface area contributed by atoms with E-state index in [1.54, 1.807) is 19.2 Å². The Kier molecular flexibility index (Phi) is 6.87. The van der Waals surface area contributed by atoms with Crippen molar-refractivity contribution in [2.75, 3.05) is 31.3 Å². The van der Waals surface area contributed by atoms with Gasteiger partial charge in [-0.3, -0.25) is 4.79 Å². The van der Waals surface area contributed by atoms with E-state index >= 15 is 0 Å². The van der Waals surface area contributed by atoms with Crippen LogP contribution < -0.4 is 16.4 Å². The Balaban J connectivity index is 2.65. The molecule has 1 atom stereocenters. The molecule has 0 saturated heterocycles. The van der Waals surface area contributed by atoms with Gasteiger partial charge in [0.25, 0.3) is 5.91 Å². The topological polar surface area (TPSA) is 76.4 Å². The summed E-state index contributed by atoms with van der Waals surface area (Å²) in [5.41, 5.74) is 8.02. The number of benzene rings is 1. The SMILES string of the molecule is CCC[C@@H](C)Nc1ccc(C(=O)NCCOC)cc1N. The van der Waals surface area contributed by atoms with E-state index in [-0.39, 0.29) is 5.91 Å². The maximum atomic E-state index is 11.9. The number of hydrogen-bond donors (Lipinski definition) is 3. The molecule has 0 saturated carbocycles. The highest BCUT2D eigenvalue weighted by atomic mass is 16.5. The van der Waals surface area contributed by atoms with E-state index in [4.69, 9.17) is 10.5 Å². The number of ether oxygens (including phenoxy) is 1. The van der Waals surface area contributed by atoms with Crippen LogP contribution in [0.5, 0.6) is 0 Å². The van der Waals surface area contributed by atoms with Crippen molar-refractivity contribution in [1.82, 2.24) is 5.32 Å². The number of methoxy groups -OCH3 is 1. The summed E-state index contributed by atoms with van der Waals surface area (Å²) in [6.45, 7) is 5.25. The van der Waals surface area contributed by atoms with Crippen molar-refractivity contribution in [3.63, 3.8) is 0 Å². The lowest BCUT2D eigenvalue weighted by Crippen LogP contribution is -2.27. The van der Waals surface area contributed by atoms with Crippen LogP contribution >= 0.6 is 0 Å². The number of hydrogen-bond acceptors (Lipinski definition) is 4. The molecular formula is C15H25N3O2. The van der Waals surface area contributed by atoms with Crippen molar-refractivity contribution in [2.45, 2.75) is 32.7 Å². The molecule has 0 spiro atoms. The fourth-order valence-electron chi connectivity index (χ4n) is 1.97. The number of anilines is 2. The maximum Gasteiger partial charge on any atom is 0.251 e. The first-order valence-corrected chi connectivity index (χ1v) is 7.01. The highest BCUT2D eigenvalue weighted by Crippen LogP contribution is 2.21. The lowest BCUT2D eigenvalue weighted by Gasteiger charge is -2.16. The average Bonchev–Trinajstić information content (AvgIpc) is 2.41. The van der Waals surface area contributed by atoms with E-state index in [0.717, 1.165) is 18.5 Å². The van der Waals surface area contributed by atoms with Gasteiger partial charge >= 0.3 is 0 Å². The van der Waals surface area contributed by atoms with Gasteiger partial charge in [-0.25, -0.2) is 0 Å². The minimum atomic E-state index is -0.137. The average molecular weight is 279 g/mol. The Morgan fingerprint density at radius 2 is 2.20 bits per heavy atom. The quantitative estimate of drug-likeness (QED) is 0.504. The summed E-state index contributed by atoms with van der Waals surface area (Å²) in [5, 5.41) is 6.12. The second kappa shape index (κ2) is 8.43. The summed E-state index contributed by atoms with van der Waals surface area (Å²) >= 11 is 0. The third kappa shape index (κ3) is 5.09. The third-order valence-corrected chi connectivity index (χ3v) is 3.03. The lowest BCUT2D eigenvalue weighted by atomic mass is 10.1. The van der Waals surface area contributed by atoms with Crippen LogP contribution in [0, 0.1) is 0 Å². The molecular weight excluding hydrogens is 254 g/mol. The molecule has 1 amide bonds. The number of carbonyl (C=O) groups excluding carboxylic acids is 1. The van der Waals surface area contributed by atoms with Gasteiger partial charge in [0, 0.05) is 25.3 Å². The zero-order chi connectivity index (χ0) is 15.0. The summed E-state index contributed by atoms with van der Waals surface area (Å²) in [6.07, 6.45) is 2.20. The minimum absolute atomic E-state index is 0.137. The van der Waals surface area contributed by atoms with Gasteiger partial charge in [-0.05, 0) is 31.5 Å². The zero-order valence-electron chi connectivity index (χ0n) is 12.5. The van der Waals surface area contributed by atoms with Gasteiger partial charge in [-0.2, -0.15) is 0 Å². The number of nitrogens with two attached hydrogens (primary N) is 1. The Bertz CT molecular complexity index is 435.